The maximum atomic E-state index is 12.3. The summed E-state index contributed by atoms with van der Waals surface area (Å²) in [5, 5.41) is 2.79. The van der Waals surface area contributed by atoms with Crippen LogP contribution in [0.25, 0.3) is 0 Å². The molecule has 0 aromatic heterocycles. The van der Waals surface area contributed by atoms with Gasteiger partial charge in [0.2, 0.25) is 11.8 Å². The molecule has 1 saturated carbocycles. The standard InChI is InChI=1S/C13H22N2O2/c1-9(10-4-5-10)8-15-7-6-11(16)14-13(2,3)12(15)17/h9-10H,4-8H2,1-3H3,(H,14,16). The Kier molecular flexibility index (Phi) is 3.15. The van der Waals surface area contributed by atoms with E-state index in [0.717, 1.165) is 12.5 Å². The van der Waals surface area contributed by atoms with Crippen LogP contribution in [0.4, 0.5) is 0 Å². The third-order valence-electron chi connectivity index (χ3n) is 3.82. The predicted octanol–water partition coefficient (Wildman–Crippen LogP) is 1.16. The largest absolute Gasteiger partial charge is 0.342 e. The van der Waals surface area contributed by atoms with E-state index >= 15 is 0 Å². The summed E-state index contributed by atoms with van der Waals surface area (Å²) in [4.78, 5) is 25.7. The minimum Gasteiger partial charge on any atom is -0.342 e. The zero-order chi connectivity index (χ0) is 12.6. The number of carbonyl (C=O) groups is 2. The number of rotatable bonds is 3. The lowest BCUT2D eigenvalue weighted by Crippen LogP contribution is -2.53. The lowest BCUT2D eigenvalue weighted by atomic mass is 10.0. The van der Waals surface area contributed by atoms with E-state index in [1.807, 2.05) is 4.90 Å². The van der Waals surface area contributed by atoms with Gasteiger partial charge in [0, 0.05) is 19.5 Å². The van der Waals surface area contributed by atoms with Gasteiger partial charge in [0.15, 0.2) is 0 Å². The highest BCUT2D eigenvalue weighted by molar-refractivity contribution is 5.92. The van der Waals surface area contributed by atoms with Crippen molar-refractivity contribution in [2.75, 3.05) is 13.1 Å². The fourth-order valence-electron chi connectivity index (χ4n) is 2.53. The quantitative estimate of drug-likeness (QED) is 0.802. The normalized spacial score (nSPS) is 26.4. The van der Waals surface area contributed by atoms with Gasteiger partial charge >= 0.3 is 0 Å². The molecule has 0 bridgehead atoms. The number of carbonyl (C=O) groups excluding carboxylic acids is 2. The van der Waals surface area contributed by atoms with Crippen molar-refractivity contribution in [1.29, 1.82) is 0 Å². The van der Waals surface area contributed by atoms with Gasteiger partial charge in [-0.05, 0) is 38.5 Å². The molecular weight excluding hydrogens is 216 g/mol. The van der Waals surface area contributed by atoms with Crippen molar-refractivity contribution in [3.63, 3.8) is 0 Å². The molecule has 2 rings (SSSR count). The molecule has 2 aliphatic rings. The molecule has 4 heteroatoms. The van der Waals surface area contributed by atoms with Crippen LogP contribution in [0.1, 0.15) is 40.0 Å². The zero-order valence-electron chi connectivity index (χ0n) is 11.0. The monoisotopic (exact) mass is 238 g/mol. The number of hydrogen-bond acceptors (Lipinski definition) is 2. The van der Waals surface area contributed by atoms with Crippen LogP contribution in [0.3, 0.4) is 0 Å². The van der Waals surface area contributed by atoms with E-state index in [9.17, 15) is 9.59 Å². The molecule has 4 nitrogen and oxygen atoms in total. The summed E-state index contributed by atoms with van der Waals surface area (Å²) < 4.78 is 0. The van der Waals surface area contributed by atoms with E-state index in [2.05, 4.69) is 12.2 Å². The molecule has 1 aliphatic carbocycles. The highest BCUT2D eigenvalue weighted by Crippen LogP contribution is 2.37. The van der Waals surface area contributed by atoms with Crippen LogP contribution >= 0.6 is 0 Å². The van der Waals surface area contributed by atoms with Crippen molar-refractivity contribution < 1.29 is 9.59 Å². The Morgan fingerprint density at radius 1 is 1.41 bits per heavy atom. The van der Waals surface area contributed by atoms with E-state index in [0.29, 0.717) is 18.9 Å². The van der Waals surface area contributed by atoms with Crippen molar-refractivity contribution in [3.05, 3.63) is 0 Å². The molecule has 1 atom stereocenters. The van der Waals surface area contributed by atoms with Gasteiger partial charge in [-0.15, -0.1) is 0 Å². The van der Waals surface area contributed by atoms with Gasteiger partial charge in [-0.3, -0.25) is 9.59 Å². The molecule has 0 aromatic carbocycles. The second-order valence-corrected chi connectivity index (χ2v) is 5.99. The second kappa shape index (κ2) is 4.31. The van der Waals surface area contributed by atoms with E-state index < -0.39 is 5.54 Å². The van der Waals surface area contributed by atoms with Crippen molar-refractivity contribution in [2.24, 2.45) is 11.8 Å². The van der Waals surface area contributed by atoms with Gasteiger partial charge in [0.25, 0.3) is 0 Å². The summed E-state index contributed by atoms with van der Waals surface area (Å²) in [6, 6.07) is 0. The minimum absolute atomic E-state index is 0.0232. The summed E-state index contributed by atoms with van der Waals surface area (Å²) in [5.74, 6) is 1.38. The SMILES string of the molecule is CC(CN1CCC(=O)NC(C)(C)C1=O)C1CC1. The van der Waals surface area contributed by atoms with Crippen LogP contribution in [0.2, 0.25) is 0 Å². The topological polar surface area (TPSA) is 49.4 Å². The molecule has 0 radical (unpaired) electrons. The smallest absolute Gasteiger partial charge is 0.247 e. The maximum absolute atomic E-state index is 12.3. The molecule has 17 heavy (non-hydrogen) atoms. The first-order valence-corrected chi connectivity index (χ1v) is 6.50. The number of hydrogen-bond donors (Lipinski definition) is 1. The lowest BCUT2D eigenvalue weighted by molar-refractivity contribution is -0.137. The first kappa shape index (κ1) is 12.4. The Labute approximate surface area is 103 Å². The highest BCUT2D eigenvalue weighted by atomic mass is 16.2. The molecule has 2 amide bonds. The van der Waals surface area contributed by atoms with Crippen LogP contribution in [0.5, 0.6) is 0 Å². The van der Waals surface area contributed by atoms with E-state index in [1.165, 1.54) is 12.8 Å². The Morgan fingerprint density at radius 2 is 2.06 bits per heavy atom. The summed E-state index contributed by atoms with van der Waals surface area (Å²) in [5.41, 5.74) is -0.753. The molecule has 1 aliphatic heterocycles. The third-order valence-corrected chi connectivity index (χ3v) is 3.82. The number of nitrogens with one attached hydrogen (secondary N) is 1. The molecular formula is C13H22N2O2. The summed E-state index contributed by atoms with van der Waals surface area (Å²) in [6.07, 6.45) is 3.01. The molecule has 0 aromatic rings. The van der Waals surface area contributed by atoms with Gasteiger partial charge in [0.1, 0.15) is 5.54 Å². The summed E-state index contributed by atoms with van der Waals surface area (Å²) in [7, 11) is 0. The van der Waals surface area contributed by atoms with Gasteiger partial charge < -0.3 is 10.2 Å². The minimum atomic E-state index is -0.753. The molecule has 1 unspecified atom stereocenters. The average Bonchev–Trinajstić information content (AvgIpc) is 3.04. The zero-order valence-corrected chi connectivity index (χ0v) is 11.0. The van der Waals surface area contributed by atoms with E-state index in [-0.39, 0.29) is 11.8 Å². The number of amides is 2. The second-order valence-electron chi connectivity index (χ2n) is 5.99. The molecule has 96 valence electrons. The fourth-order valence-corrected chi connectivity index (χ4v) is 2.53. The molecule has 0 spiro atoms. The molecule has 1 saturated heterocycles. The van der Waals surface area contributed by atoms with Crippen molar-refractivity contribution in [1.82, 2.24) is 10.2 Å². The van der Waals surface area contributed by atoms with Crippen LogP contribution in [-0.4, -0.2) is 35.3 Å². The van der Waals surface area contributed by atoms with Crippen molar-refractivity contribution in [3.8, 4) is 0 Å². The summed E-state index contributed by atoms with van der Waals surface area (Å²) >= 11 is 0. The van der Waals surface area contributed by atoms with Crippen LogP contribution in [0, 0.1) is 11.8 Å². The Morgan fingerprint density at radius 3 is 2.65 bits per heavy atom. The van der Waals surface area contributed by atoms with E-state index in [4.69, 9.17) is 0 Å². The first-order valence-electron chi connectivity index (χ1n) is 6.50. The van der Waals surface area contributed by atoms with Crippen molar-refractivity contribution in [2.45, 2.75) is 45.6 Å². The van der Waals surface area contributed by atoms with E-state index in [1.54, 1.807) is 13.8 Å². The Hall–Kier alpha value is -1.06. The molecule has 1 N–H and O–H groups in total. The first-order chi connectivity index (χ1) is 7.90. The fraction of sp³-hybridized carbons (Fsp3) is 0.846. The Balaban J connectivity index is 2.04. The van der Waals surface area contributed by atoms with Crippen molar-refractivity contribution >= 4 is 11.8 Å². The van der Waals surface area contributed by atoms with Gasteiger partial charge in [0.05, 0.1) is 0 Å². The third kappa shape index (κ3) is 2.79. The van der Waals surface area contributed by atoms with Crippen LogP contribution in [-0.2, 0) is 9.59 Å². The van der Waals surface area contributed by atoms with Crippen LogP contribution in [0.15, 0.2) is 0 Å². The molecule has 2 fully saturated rings. The number of nitrogens with zero attached hydrogens (tertiary/aromatic N) is 1. The highest BCUT2D eigenvalue weighted by Gasteiger charge is 2.38. The van der Waals surface area contributed by atoms with Gasteiger partial charge in [-0.1, -0.05) is 6.92 Å². The predicted molar refractivity (Wildman–Crippen MR) is 65.3 cm³/mol. The average molecular weight is 238 g/mol. The lowest BCUT2D eigenvalue weighted by Gasteiger charge is -2.30. The van der Waals surface area contributed by atoms with Gasteiger partial charge in [-0.2, -0.15) is 0 Å². The maximum Gasteiger partial charge on any atom is 0.247 e. The molecule has 1 heterocycles. The van der Waals surface area contributed by atoms with Crippen LogP contribution < -0.4 is 5.32 Å². The Bertz CT molecular complexity index is 334. The van der Waals surface area contributed by atoms with Gasteiger partial charge in [-0.25, -0.2) is 0 Å². The summed E-state index contributed by atoms with van der Waals surface area (Å²) in [6.45, 7) is 7.13.